The summed E-state index contributed by atoms with van der Waals surface area (Å²) in [5, 5.41) is 1.13. The van der Waals surface area contributed by atoms with Gasteiger partial charge >= 0.3 is 0 Å². The minimum Gasteiger partial charge on any atom is -0.330 e. The number of benzene rings is 1. The average Bonchev–Trinajstić information content (AvgIpc) is 2.38. The summed E-state index contributed by atoms with van der Waals surface area (Å²) in [6.45, 7) is 5.03. The molecule has 112 valence electrons. The zero-order valence-corrected chi connectivity index (χ0v) is 13.7. The molecule has 0 aliphatic heterocycles. The highest BCUT2D eigenvalue weighted by molar-refractivity contribution is 6.36. The number of halogens is 2. The molecule has 1 unspecified atom stereocenters. The highest BCUT2D eigenvalue weighted by Crippen LogP contribution is 2.26. The van der Waals surface area contributed by atoms with Crippen molar-refractivity contribution in [2.24, 2.45) is 17.6 Å². The summed E-state index contributed by atoms with van der Waals surface area (Å²) >= 11 is 12.2. The molecule has 0 saturated heterocycles. The van der Waals surface area contributed by atoms with Crippen molar-refractivity contribution in [3.63, 3.8) is 0 Å². The van der Waals surface area contributed by atoms with Crippen LogP contribution in [0.1, 0.15) is 38.7 Å². The molecule has 0 saturated carbocycles. The molecule has 0 aromatic heterocycles. The normalized spacial score (nSPS) is 12.7. The van der Waals surface area contributed by atoms with Crippen molar-refractivity contribution >= 4 is 29.0 Å². The Balaban J connectivity index is 2.55. The van der Waals surface area contributed by atoms with Crippen molar-refractivity contribution in [3.8, 4) is 0 Å². The minimum atomic E-state index is 0.183. The van der Waals surface area contributed by atoms with Gasteiger partial charge in [0.05, 0.1) is 0 Å². The van der Waals surface area contributed by atoms with Crippen LogP contribution in [0.15, 0.2) is 18.2 Å². The topological polar surface area (TPSA) is 43.1 Å². The average molecular weight is 316 g/mol. The Bertz CT molecular complexity index is 426. The van der Waals surface area contributed by atoms with Gasteiger partial charge in [-0.1, -0.05) is 43.1 Å². The van der Waals surface area contributed by atoms with Crippen molar-refractivity contribution in [1.29, 1.82) is 0 Å². The Kier molecular flexibility index (Phi) is 7.57. The summed E-state index contributed by atoms with van der Waals surface area (Å²) in [7, 11) is 0. The molecule has 1 atom stereocenters. The van der Waals surface area contributed by atoms with Gasteiger partial charge in [0.25, 0.3) is 0 Å². The van der Waals surface area contributed by atoms with Crippen LogP contribution in [-0.2, 0) is 11.2 Å². The summed E-state index contributed by atoms with van der Waals surface area (Å²) in [4.78, 5) is 12.1. The molecule has 1 rings (SSSR count). The molecule has 4 heteroatoms. The SMILES string of the molecule is CC(C)C(CCN)CCC(=O)Cc1c(Cl)cccc1Cl. The van der Waals surface area contributed by atoms with Crippen LogP contribution in [0.3, 0.4) is 0 Å². The van der Waals surface area contributed by atoms with Gasteiger partial charge in [-0.15, -0.1) is 0 Å². The van der Waals surface area contributed by atoms with Crippen LogP contribution in [0.2, 0.25) is 10.0 Å². The Morgan fingerprint density at radius 2 is 1.80 bits per heavy atom. The van der Waals surface area contributed by atoms with E-state index in [0.717, 1.165) is 18.4 Å². The number of Topliss-reactive ketones (excluding diaryl/α,β-unsaturated/α-hetero) is 1. The molecule has 0 aliphatic rings. The Morgan fingerprint density at radius 3 is 2.30 bits per heavy atom. The lowest BCUT2D eigenvalue weighted by Gasteiger charge is -2.19. The monoisotopic (exact) mass is 315 g/mol. The van der Waals surface area contributed by atoms with Crippen LogP contribution in [0.25, 0.3) is 0 Å². The van der Waals surface area contributed by atoms with Crippen molar-refractivity contribution in [3.05, 3.63) is 33.8 Å². The number of ketones is 1. The fourth-order valence-corrected chi connectivity index (χ4v) is 2.89. The van der Waals surface area contributed by atoms with Gasteiger partial charge in [0.15, 0.2) is 0 Å². The third kappa shape index (κ3) is 5.43. The molecule has 0 radical (unpaired) electrons. The standard InChI is InChI=1S/C16H23Cl2NO/c1-11(2)12(8-9-19)6-7-13(20)10-14-15(17)4-3-5-16(14)18/h3-5,11-12H,6-10,19H2,1-2H3. The molecule has 0 aliphatic carbocycles. The van der Waals surface area contributed by atoms with Crippen molar-refractivity contribution in [1.82, 2.24) is 0 Å². The van der Waals surface area contributed by atoms with E-state index in [1.165, 1.54) is 0 Å². The number of carbonyl (C=O) groups excluding carboxylic acids is 1. The number of rotatable bonds is 8. The Labute approximate surface area is 131 Å². The van der Waals surface area contributed by atoms with Gasteiger partial charge in [0.2, 0.25) is 0 Å². The van der Waals surface area contributed by atoms with E-state index in [-0.39, 0.29) is 5.78 Å². The molecule has 0 fully saturated rings. The maximum Gasteiger partial charge on any atom is 0.137 e. The maximum atomic E-state index is 12.1. The molecule has 2 N–H and O–H groups in total. The number of hydrogen-bond acceptors (Lipinski definition) is 2. The number of nitrogens with two attached hydrogens (primary N) is 1. The van der Waals surface area contributed by atoms with E-state index >= 15 is 0 Å². The highest BCUT2D eigenvalue weighted by Gasteiger charge is 2.16. The summed E-state index contributed by atoms with van der Waals surface area (Å²) in [5.41, 5.74) is 6.35. The molecule has 1 aromatic rings. The van der Waals surface area contributed by atoms with E-state index in [1.54, 1.807) is 18.2 Å². The Hall–Kier alpha value is -0.570. The third-order valence-corrected chi connectivity index (χ3v) is 4.42. The zero-order chi connectivity index (χ0) is 15.1. The number of hydrogen-bond donors (Lipinski definition) is 1. The minimum absolute atomic E-state index is 0.183. The van der Waals surface area contributed by atoms with Crippen LogP contribution in [-0.4, -0.2) is 12.3 Å². The van der Waals surface area contributed by atoms with Crippen molar-refractivity contribution in [2.45, 2.75) is 39.5 Å². The molecule has 0 amide bonds. The fraction of sp³-hybridized carbons (Fsp3) is 0.562. The summed E-state index contributed by atoms with van der Waals surface area (Å²) in [6.07, 6.45) is 2.73. The lowest BCUT2D eigenvalue weighted by Crippen LogP contribution is -2.16. The number of carbonyl (C=O) groups is 1. The van der Waals surface area contributed by atoms with Gasteiger partial charge in [0, 0.05) is 22.9 Å². The summed E-state index contributed by atoms with van der Waals surface area (Å²) < 4.78 is 0. The zero-order valence-electron chi connectivity index (χ0n) is 12.2. The quantitative estimate of drug-likeness (QED) is 0.767. The van der Waals surface area contributed by atoms with Gasteiger partial charge in [-0.25, -0.2) is 0 Å². The molecule has 0 bridgehead atoms. The van der Waals surface area contributed by atoms with Crippen molar-refractivity contribution < 1.29 is 4.79 Å². The predicted octanol–water partition coefficient (Wildman–Crippen LogP) is 4.51. The largest absolute Gasteiger partial charge is 0.330 e. The molecule has 1 aromatic carbocycles. The van der Waals surface area contributed by atoms with Gasteiger partial charge in [0.1, 0.15) is 5.78 Å². The second-order valence-electron chi connectivity index (χ2n) is 5.54. The second kappa shape index (κ2) is 8.66. The molecule has 20 heavy (non-hydrogen) atoms. The van der Waals surface area contributed by atoms with E-state index < -0.39 is 0 Å². The first-order valence-electron chi connectivity index (χ1n) is 7.10. The van der Waals surface area contributed by atoms with Gasteiger partial charge in [-0.3, -0.25) is 4.79 Å². The molecular weight excluding hydrogens is 293 g/mol. The highest BCUT2D eigenvalue weighted by atomic mass is 35.5. The fourth-order valence-electron chi connectivity index (χ4n) is 2.36. The van der Waals surface area contributed by atoms with Gasteiger partial charge in [-0.2, -0.15) is 0 Å². The predicted molar refractivity (Wildman–Crippen MR) is 86.4 cm³/mol. The first-order valence-corrected chi connectivity index (χ1v) is 7.86. The van der Waals surface area contributed by atoms with E-state index in [2.05, 4.69) is 13.8 Å². The maximum absolute atomic E-state index is 12.1. The second-order valence-corrected chi connectivity index (χ2v) is 6.35. The first-order chi connectivity index (χ1) is 9.45. The van der Waals surface area contributed by atoms with Crippen LogP contribution in [0, 0.1) is 11.8 Å². The van der Waals surface area contributed by atoms with Crippen LogP contribution >= 0.6 is 23.2 Å². The van der Waals surface area contributed by atoms with Crippen LogP contribution < -0.4 is 5.73 Å². The van der Waals surface area contributed by atoms with Crippen molar-refractivity contribution in [2.75, 3.05) is 6.54 Å². The van der Waals surface area contributed by atoms with Gasteiger partial charge < -0.3 is 5.73 Å². The van der Waals surface area contributed by atoms with E-state index in [9.17, 15) is 4.79 Å². The summed E-state index contributed by atoms with van der Waals surface area (Å²) in [5.74, 6) is 1.24. The molecular formula is C16H23Cl2NO. The Morgan fingerprint density at radius 1 is 1.20 bits per heavy atom. The van der Waals surface area contributed by atoms with E-state index in [4.69, 9.17) is 28.9 Å². The summed E-state index contributed by atoms with van der Waals surface area (Å²) in [6, 6.07) is 5.32. The molecule has 0 heterocycles. The first kappa shape index (κ1) is 17.5. The smallest absolute Gasteiger partial charge is 0.137 e. The third-order valence-electron chi connectivity index (χ3n) is 3.71. The van der Waals surface area contributed by atoms with Gasteiger partial charge in [-0.05, 0) is 48.9 Å². The van der Waals surface area contributed by atoms with E-state index in [1.807, 2.05) is 0 Å². The lowest BCUT2D eigenvalue weighted by molar-refractivity contribution is -0.118. The van der Waals surface area contributed by atoms with Crippen LogP contribution in [0.4, 0.5) is 0 Å². The van der Waals surface area contributed by atoms with Crippen LogP contribution in [0.5, 0.6) is 0 Å². The lowest BCUT2D eigenvalue weighted by atomic mass is 9.87. The van der Waals surface area contributed by atoms with E-state index in [0.29, 0.717) is 41.3 Å². The molecule has 0 spiro atoms. The molecule has 2 nitrogen and oxygen atoms in total.